The van der Waals surface area contributed by atoms with Gasteiger partial charge in [-0.3, -0.25) is 0 Å². The van der Waals surface area contributed by atoms with Gasteiger partial charge >= 0.3 is 0 Å². The van der Waals surface area contributed by atoms with E-state index in [1.807, 2.05) is 6.92 Å². The molecule has 0 amide bonds. The molecule has 0 spiro atoms. The Balaban J connectivity index is 3.04. The van der Waals surface area contributed by atoms with Gasteiger partial charge in [0.05, 0.1) is 11.9 Å². The summed E-state index contributed by atoms with van der Waals surface area (Å²) in [6.45, 7) is 1.83. The van der Waals surface area contributed by atoms with Gasteiger partial charge in [-0.1, -0.05) is 0 Å². The van der Waals surface area contributed by atoms with Gasteiger partial charge in [-0.05, 0) is 12.1 Å². The first kappa shape index (κ1) is 4.11. The van der Waals surface area contributed by atoms with Crippen LogP contribution in [0.15, 0.2) is 6.20 Å². The Bertz CT molecular complexity index is 139. The van der Waals surface area contributed by atoms with Crippen LogP contribution >= 0.6 is 0 Å². The first-order valence-corrected chi connectivity index (χ1v) is 1.93. The molecule has 0 saturated carbocycles. The van der Waals surface area contributed by atoms with Gasteiger partial charge in [0.2, 0.25) is 0 Å². The normalized spacial score (nSPS) is 9.29. The molecule has 4 nitrogen and oxygen atoms in total. The summed E-state index contributed by atoms with van der Waals surface area (Å²) in [4.78, 5) is 1.18. The highest BCUT2D eigenvalue weighted by Crippen LogP contribution is 1.80. The Kier molecular flexibility index (Phi) is 0.714. The standard InChI is InChI=1S/C3H6N4/c1-3-2-7(4)6-5-3/h2H,4H2,1H3. The quantitative estimate of drug-likeness (QED) is 0.436. The second-order valence-corrected chi connectivity index (χ2v) is 1.34. The summed E-state index contributed by atoms with van der Waals surface area (Å²) in [5, 5.41) is 7.06. The van der Waals surface area contributed by atoms with Crippen LogP contribution in [-0.4, -0.2) is 15.1 Å². The Hall–Kier alpha value is -1.06. The van der Waals surface area contributed by atoms with Crippen molar-refractivity contribution in [1.82, 2.24) is 15.1 Å². The summed E-state index contributed by atoms with van der Waals surface area (Å²) >= 11 is 0. The van der Waals surface area contributed by atoms with Crippen molar-refractivity contribution in [3.8, 4) is 0 Å². The van der Waals surface area contributed by atoms with Crippen LogP contribution in [-0.2, 0) is 0 Å². The zero-order valence-corrected chi connectivity index (χ0v) is 4.00. The van der Waals surface area contributed by atoms with Crippen LogP contribution in [0.25, 0.3) is 0 Å². The number of hydrogen-bond donors (Lipinski definition) is 1. The van der Waals surface area contributed by atoms with Crippen LogP contribution in [0.1, 0.15) is 5.69 Å². The Morgan fingerprint density at radius 1 is 1.86 bits per heavy atom. The first-order valence-electron chi connectivity index (χ1n) is 1.93. The van der Waals surface area contributed by atoms with Crippen molar-refractivity contribution in [3.63, 3.8) is 0 Å². The first-order chi connectivity index (χ1) is 3.29. The molecule has 0 saturated heterocycles. The van der Waals surface area contributed by atoms with Crippen molar-refractivity contribution in [2.75, 3.05) is 5.84 Å². The maximum absolute atomic E-state index is 5.12. The molecule has 4 heteroatoms. The molecule has 0 aliphatic rings. The number of nitrogens with zero attached hydrogens (tertiary/aromatic N) is 3. The lowest BCUT2D eigenvalue weighted by Gasteiger charge is -1.76. The fourth-order valence-electron chi connectivity index (χ4n) is 0.365. The third kappa shape index (κ3) is 0.677. The van der Waals surface area contributed by atoms with Crippen LogP contribution in [0.4, 0.5) is 0 Å². The smallest absolute Gasteiger partial charge is 0.0818 e. The minimum Gasteiger partial charge on any atom is -0.322 e. The average molecular weight is 98.1 g/mol. The van der Waals surface area contributed by atoms with Crippen molar-refractivity contribution in [2.45, 2.75) is 6.92 Å². The van der Waals surface area contributed by atoms with Crippen molar-refractivity contribution in [3.05, 3.63) is 11.9 Å². The molecule has 0 fully saturated rings. The average Bonchev–Trinajstić information content (AvgIpc) is 1.87. The lowest BCUT2D eigenvalue weighted by atomic mass is 10.6. The molecule has 2 N–H and O–H groups in total. The third-order valence-electron chi connectivity index (χ3n) is 0.625. The predicted molar refractivity (Wildman–Crippen MR) is 24.9 cm³/mol. The highest BCUT2D eigenvalue weighted by atomic mass is 15.6. The van der Waals surface area contributed by atoms with Gasteiger partial charge in [-0.25, -0.2) is 0 Å². The summed E-state index contributed by atoms with van der Waals surface area (Å²) in [6.07, 6.45) is 1.64. The molecule has 7 heavy (non-hydrogen) atoms. The highest BCUT2D eigenvalue weighted by molar-refractivity contribution is 4.85. The van der Waals surface area contributed by atoms with E-state index in [0.29, 0.717) is 0 Å². The number of hydrogen-bond acceptors (Lipinski definition) is 3. The van der Waals surface area contributed by atoms with Crippen molar-refractivity contribution in [1.29, 1.82) is 0 Å². The Labute approximate surface area is 40.9 Å². The summed E-state index contributed by atoms with van der Waals surface area (Å²) in [7, 11) is 0. The van der Waals surface area contributed by atoms with E-state index in [0.717, 1.165) is 5.69 Å². The summed E-state index contributed by atoms with van der Waals surface area (Å²) < 4.78 is 0. The van der Waals surface area contributed by atoms with E-state index in [1.165, 1.54) is 4.79 Å². The van der Waals surface area contributed by atoms with E-state index in [1.54, 1.807) is 6.20 Å². The van der Waals surface area contributed by atoms with Gasteiger partial charge in [0, 0.05) is 0 Å². The molecule has 1 heterocycles. The topological polar surface area (TPSA) is 56.7 Å². The molecular formula is C3H6N4. The molecule has 1 rings (SSSR count). The fraction of sp³-hybridized carbons (Fsp3) is 0.333. The number of aromatic nitrogens is 3. The molecule has 0 aliphatic carbocycles. The molecule has 38 valence electrons. The summed E-state index contributed by atoms with van der Waals surface area (Å²) in [5.74, 6) is 5.12. The summed E-state index contributed by atoms with van der Waals surface area (Å²) in [6, 6.07) is 0. The van der Waals surface area contributed by atoms with Gasteiger partial charge in [-0.2, -0.15) is 4.79 Å². The largest absolute Gasteiger partial charge is 0.322 e. The molecule has 0 aliphatic heterocycles. The molecule has 0 radical (unpaired) electrons. The molecule has 0 unspecified atom stereocenters. The molecular weight excluding hydrogens is 92.1 g/mol. The zero-order chi connectivity index (χ0) is 5.28. The number of nitrogens with two attached hydrogens (primary N) is 1. The van der Waals surface area contributed by atoms with E-state index < -0.39 is 0 Å². The van der Waals surface area contributed by atoms with E-state index in [9.17, 15) is 0 Å². The van der Waals surface area contributed by atoms with Gasteiger partial charge in [-0.15, -0.1) is 5.10 Å². The molecule has 1 aromatic heterocycles. The summed E-state index contributed by atoms with van der Waals surface area (Å²) in [5.41, 5.74) is 0.836. The lowest BCUT2D eigenvalue weighted by Crippen LogP contribution is -2.07. The zero-order valence-electron chi connectivity index (χ0n) is 4.00. The van der Waals surface area contributed by atoms with Gasteiger partial charge < -0.3 is 5.84 Å². The van der Waals surface area contributed by atoms with Crippen molar-refractivity contribution in [2.24, 2.45) is 0 Å². The number of rotatable bonds is 0. The second-order valence-electron chi connectivity index (χ2n) is 1.34. The van der Waals surface area contributed by atoms with Crippen molar-refractivity contribution >= 4 is 0 Å². The highest BCUT2D eigenvalue weighted by Gasteiger charge is 1.84. The van der Waals surface area contributed by atoms with Gasteiger partial charge in [0.25, 0.3) is 0 Å². The van der Waals surface area contributed by atoms with E-state index in [4.69, 9.17) is 5.84 Å². The monoisotopic (exact) mass is 98.1 g/mol. The van der Waals surface area contributed by atoms with Gasteiger partial charge in [0.1, 0.15) is 0 Å². The second kappa shape index (κ2) is 1.22. The maximum atomic E-state index is 5.12. The molecule has 0 bridgehead atoms. The van der Waals surface area contributed by atoms with Crippen LogP contribution in [0, 0.1) is 6.92 Å². The molecule has 0 atom stereocenters. The van der Waals surface area contributed by atoms with E-state index in [-0.39, 0.29) is 0 Å². The van der Waals surface area contributed by atoms with E-state index in [2.05, 4.69) is 10.3 Å². The predicted octanol–water partition coefficient (Wildman–Crippen LogP) is -0.700. The van der Waals surface area contributed by atoms with Crippen LogP contribution in [0.3, 0.4) is 0 Å². The third-order valence-corrected chi connectivity index (χ3v) is 0.625. The Morgan fingerprint density at radius 2 is 2.57 bits per heavy atom. The maximum Gasteiger partial charge on any atom is 0.0818 e. The minimum absolute atomic E-state index is 0.836. The number of aryl methyl sites for hydroxylation is 1. The lowest BCUT2D eigenvalue weighted by molar-refractivity contribution is 0.764. The molecule has 0 aromatic carbocycles. The molecule has 1 aromatic rings. The number of nitrogen functional groups attached to an aromatic ring is 1. The van der Waals surface area contributed by atoms with Gasteiger partial charge in [0.15, 0.2) is 0 Å². The van der Waals surface area contributed by atoms with Crippen LogP contribution < -0.4 is 5.84 Å². The van der Waals surface area contributed by atoms with Crippen LogP contribution in [0.5, 0.6) is 0 Å². The Morgan fingerprint density at radius 3 is 2.71 bits per heavy atom. The van der Waals surface area contributed by atoms with E-state index >= 15 is 0 Å². The fourth-order valence-corrected chi connectivity index (χ4v) is 0.365. The van der Waals surface area contributed by atoms with Crippen LogP contribution in [0.2, 0.25) is 0 Å². The minimum atomic E-state index is 0.836. The SMILES string of the molecule is Cc1cn(N)nn1. The van der Waals surface area contributed by atoms with Crippen molar-refractivity contribution < 1.29 is 0 Å².